The van der Waals surface area contributed by atoms with Crippen molar-refractivity contribution >= 4 is 22.4 Å². The van der Waals surface area contributed by atoms with Gasteiger partial charge < -0.3 is 11.1 Å². The van der Waals surface area contributed by atoms with Crippen LogP contribution in [0.3, 0.4) is 0 Å². The van der Waals surface area contributed by atoms with E-state index in [1.807, 2.05) is 12.1 Å². The fourth-order valence-electron chi connectivity index (χ4n) is 1.64. The topological polar surface area (TPSA) is 118 Å². The summed E-state index contributed by atoms with van der Waals surface area (Å²) in [4.78, 5) is 8.35. The number of nitrogens with two attached hydrogens (primary N) is 1. The lowest BCUT2D eigenvalue weighted by Crippen LogP contribution is -2.04. The standard InChI is InChI=1S/C10H10N8/c11-6-1-2-7-8(3-6)13-5-14-10(7)12-4-9-15-17-18-16-9/h1-3,5H,4,11H2,(H,12,13,14)(H,15,16,17,18). The second kappa shape index (κ2) is 4.24. The van der Waals surface area contributed by atoms with Gasteiger partial charge in [-0.25, -0.2) is 9.97 Å². The average molecular weight is 242 g/mol. The van der Waals surface area contributed by atoms with Crippen molar-refractivity contribution in [3.8, 4) is 0 Å². The molecule has 2 heterocycles. The first kappa shape index (κ1) is 10.4. The zero-order valence-corrected chi connectivity index (χ0v) is 9.33. The number of anilines is 2. The van der Waals surface area contributed by atoms with E-state index in [0.29, 0.717) is 23.9 Å². The van der Waals surface area contributed by atoms with Crippen molar-refractivity contribution in [2.24, 2.45) is 0 Å². The molecule has 3 aromatic rings. The molecule has 0 radical (unpaired) electrons. The largest absolute Gasteiger partial charge is 0.399 e. The molecule has 0 fully saturated rings. The minimum atomic E-state index is 0.437. The average Bonchev–Trinajstić information content (AvgIpc) is 2.89. The highest BCUT2D eigenvalue weighted by atomic mass is 15.5. The predicted molar refractivity (Wildman–Crippen MR) is 65.5 cm³/mol. The molecule has 0 unspecified atom stereocenters. The second-order valence-corrected chi connectivity index (χ2v) is 3.68. The van der Waals surface area contributed by atoms with Crippen molar-refractivity contribution in [1.29, 1.82) is 0 Å². The molecular weight excluding hydrogens is 232 g/mol. The smallest absolute Gasteiger partial charge is 0.193 e. The molecule has 0 spiro atoms. The first-order valence-electron chi connectivity index (χ1n) is 5.29. The van der Waals surface area contributed by atoms with Gasteiger partial charge in [0.15, 0.2) is 5.82 Å². The van der Waals surface area contributed by atoms with Crippen LogP contribution in [0.5, 0.6) is 0 Å². The SMILES string of the molecule is Nc1ccc2c(NCc3nn[nH]n3)ncnc2c1. The fraction of sp³-hybridized carbons (Fsp3) is 0.100. The van der Waals surface area contributed by atoms with Gasteiger partial charge >= 0.3 is 0 Å². The Hall–Kier alpha value is -2.77. The predicted octanol–water partition coefficient (Wildman–Crippen LogP) is 0.337. The molecule has 0 amide bonds. The first-order chi connectivity index (χ1) is 8.83. The van der Waals surface area contributed by atoms with Crippen LogP contribution in [0, 0.1) is 0 Å². The van der Waals surface area contributed by atoms with Gasteiger partial charge in [0.25, 0.3) is 0 Å². The summed E-state index contributed by atoms with van der Waals surface area (Å²) in [7, 11) is 0. The normalized spacial score (nSPS) is 10.7. The Morgan fingerprint density at radius 2 is 2.22 bits per heavy atom. The monoisotopic (exact) mass is 242 g/mol. The van der Waals surface area contributed by atoms with Gasteiger partial charge in [-0.2, -0.15) is 5.21 Å². The summed E-state index contributed by atoms with van der Waals surface area (Å²) in [6, 6.07) is 5.49. The first-order valence-corrected chi connectivity index (χ1v) is 5.29. The second-order valence-electron chi connectivity index (χ2n) is 3.68. The number of nitrogens with one attached hydrogen (secondary N) is 2. The van der Waals surface area contributed by atoms with Gasteiger partial charge in [0.05, 0.1) is 12.1 Å². The lowest BCUT2D eigenvalue weighted by Gasteiger charge is -2.06. The number of hydrogen-bond donors (Lipinski definition) is 3. The van der Waals surface area contributed by atoms with Crippen molar-refractivity contribution < 1.29 is 0 Å². The number of nitrogens with zero attached hydrogens (tertiary/aromatic N) is 5. The molecule has 8 nitrogen and oxygen atoms in total. The Labute approximate surface area is 102 Å². The molecule has 0 aliphatic carbocycles. The van der Waals surface area contributed by atoms with E-state index in [0.717, 1.165) is 10.9 Å². The maximum atomic E-state index is 5.71. The maximum absolute atomic E-state index is 5.71. The van der Waals surface area contributed by atoms with Crippen molar-refractivity contribution in [2.75, 3.05) is 11.1 Å². The minimum Gasteiger partial charge on any atom is -0.399 e. The van der Waals surface area contributed by atoms with Gasteiger partial charge in [-0.1, -0.05) is 5.21 Å². The number of benzene rings is 1. The van der Waals surface area contributed by atoms with Gasteiger partial charge in [0.1, 0.15) is 12.1 Å². The Morgan fingerprint density at radius 3 is 3.06 bits per heavy atom. The number of rotatable bonds is 3. The molecule has 3 rings (SSSR count). The van der Waals surface area contributed by atoms with E-state index in [1.165, 1.54) is 6.33 Å². The Balaban J connectivity index is 1.92. The van der Waals surface area contributed by atoms with Crippen molar-refractivity contribution in [3.05, 3.63) is 30.4 Å². The van der Waals surface area contributed by atoms with Crippen LogP contribution >= 0.6 is 0 Å². The summed E-state index contributed by atoms with van der Waals surface area (Å²) in [5, 5.41) is 17.6. The molecule has 0 saturated heterocycles. The number of tetrazole rings is 1. The summed E-state index contributed by atoms with van der Waals surface area (Å²) in [5.41, 5.74) is 7.18. The zero-order chi connectivity index (χ0) is 12.4. The van der Waals surface area contributed by atoms with Crippen LogP contribution in [-0.4, -0.2) is 30.6 Å². The van der Waals surface area contributed by atoms with Crippen LogP contribution in [0.2, 0.25) is 0 Å². The molecule has 0 aliphatic rings. The van der Waals surface area contributed by atoms with Crippen LogP contribution in [0.1, 0.15) is 5.82 Å². The van der Waals surface area contributed by atoms with Crippen molar-refractivity contribution in [3.63, 3.8) is 0 Å². The molecule has 90 valence electrons. The van der Waals surface area contributed by atoms with Crippen LogP contribution in [0.15, 0.2) is 24.5 Å². The van der Waals surface area contributed by atoms with Crippen LogP contribution < -0.4 is 11.1 Å². The molecule has 18 heavy (non-hydrogen) atoms. The third-order valence-electron chi connectivity index (χ3n) is 2.46. The van der Waals surface area contributed by atoms with E-state index < -0.39 is 0 Å². The Kier molecular flexibility index (Phi) is 2.45. The summed E-state index contributed by atoms with van der Waals surface area (Å²) >= 11 is 0. The van der Waals surface area contributed by atoms with Gasteiger partial charge in [-0.3, -0.25) is 0 Å². The van der Waals surface area contributed by atoms with Gasteiger partial charge in [-0.15, -0.1) is 10.2 Å². The quantitative estimate of drug-likeness (QED) is 0.566. The van der Waals surface area contributed by atoms with Gasteiger partial charge in [0, 0.05) is 11.1 Å². The molecular formula is C10H10N8. The number of aromatic amines is 1. The number of H-pyrrole nitrogens is 1. The molecule has 8 heteroatoms. The molecule has 0 aliphatic heterocycles. The highest BCUT2D eigenvalue weighted by Crippen LogP contribution is 2.21. The van der Waals surface area contributed by atoms with Crippen LogP contribution in [-0.2, 0) is 6.54 Å². The maximum Gasteiger partial charge on any atom is 0.193 e. The van der Waals surface area contributed by atoms with E-state index in [1.54, 1.807) is 6.07 Å². The summed E-state index contributed by atoms with van der Waals surface area (Å²) in [6.45, 7) is 0.437. The third kappa shape index (κ3) is 1.90. The summed E-state index contributed by atoms with van der Waals surface area (Å²) in [6.07, 6.45) is 1.49. The highest BCUT2D eigenvalue weighted by molar-refractivity contribution is 5.90. The zero-order valence-electron chi connectivity index (χ0n) is 9.33. The van der Waals surface area contributed by atoms with Gasteiger partial charge in [-0.05, 0) is 18.2 Å². The van der Waals surface area contributed by atoms with E-state index in [4.69, 9.17) is 5.73 Å². The van der Waals surface area contributed by atoms with E-state index >= 15 is 0 Å². The summed E-state index contributed by atoms with van der Waals surface area (Å²) < 4.78 is 0. The Bertz CT molecular complexity index is 663. The molecule has 4 N–H and O–H groups in total. The Morgan fingerprint density at radius 1 is 1.28 bits per heavy atom. The number of fused-ring (bicyclic) bond motifs is 1. The lowest BCUT2D eigenvalue weighted by molar-refractivity contribution is 0.881. The molecule has 0 saturated carbocycles. The van der Waals surface area contributed by atoms with Gasteiger partial charge in [0.2, 0.25) is 0 Å². The van der Waals surface area contributed by atoms with Crippen molar-refractivity contribution in [1.82, 2.24) is 30.6 Å². The number of hydrogen-bond acceptors (Lipinski definition) is 7. The number of nitrogen functional groups attached to an aromatic ring is 1. The minimum absolute atomic E-state index is 0.437. The molecule has 0 bridgehead atoms. The number of aromatic nitrogens is 6. The van der Waals surface area contributed by atoms with E-state index in [-0.39, 0.29) is 0 Å². The molecule has 2 aromatic heterocycles. The third-order valence-corrected chi connectivity index (χ3v) is 2.46. The van der Waals surface area contributed by atoms with Crippen molar-refractivity contribution in [2.45, 2.75) is 6.54 Å². The fourth-order valence-corrected chi connectivity index (χ4v) is 1.64. The molecule has 0 atom stereocenters. The lowest BCUT2D eigenvalue weighted by atomic mass is 10.2. The molecule has 1 aromatic carbocycles. The van der Waals surface area contributed by atoms with Crippen LogP contribution in [0.25, 0.3) is 10.9 Å². The highest BCUT2D eigenvalue weighted by Gasteiger charge is 2.05. The van der Waals surface area contributed by atoms with E-state index in [9.17, 15) is 0 Å². The summed E-state index contributed by atoms with van der Waals surface area (Å²) in [5.74, 6) is 1.28. The van der Waals surface area contributed by atoms with E-state index in [2.05, 4.69) is 35.9 Å². The van der Waals surface area contributed by atoms with Crippen LogP contribution in [0.4, 0.5) is 11.5 Å².